The maximum Gasteiger partial charge on any atom is 0.312 e. The number of aliphatic carboxylic acids is 1. The number of carboxylic acids is 1. The van der Waals surface area contributed by atoms with Crippen molar-refractivity contribution in [3.05, 3.63) is 37.1 Å². The number of hydrogen-bond donors (Lipinski definition) is 2. The van der Waals surface area contributed by atoms with Crippen LogP contribution in [-0.2, 0) is 9.59 Å². The Hall–Kier alpha value is -2.70. The van der Waals surface area contributed by atoms with Gasteiger partial charge in [0.2, 0.25) is 5.91 Å². The topological polar surface area (TPSA) is 97.1 Å². The summed E-state index contributed by atoms with van der Waals surface area (Å²) in [5.41, 5.74) is 0.449. The van der Waals surface area contributed by atoms with Crippen LogP contribution < -0.4 is 5.32 Å². The van der Waals surface area contributed by atoms with Crippen LogP contribution in [0.1, 0.15) is 6.42 Å². The minimum atomic E-state index is -1.17. The molecule has 2 rings (SSSR count). The third kappa shape index (κ3) is 2.91. The number of imidazole rings is 1. The fourth-order valence-electron chi connectivity index (χ4n) is 1.35. The van der Waals surface area contributed by atoms with Crippen LogP contribution in [0.15, 0.2) is 37.1 Å². The van der Waals surface area contributed by atoms with Crippen molar-refractivity contribution < 1.29 is 14.7 Å². The fourth-order valence-corrected chi connectivity index (χ4v) is 1.35. The van der Waals surface area contributed by atoms with E-state index in [9.17, 15) is 9.59 Å². The molecule has 0 atom stereocenters. The van der Waals surface area contributed by atoms with Crippen LogP contribution in [0.3, 0.4) is 0 Å². The van der Waals surface area contributed by atoms with Gasteiger partial charge in [0, 0.05) is 12.4 Å². The molecule has 1 amide bonds. The van der Waals surface area contributed by atoms with Crippen molar-refractivity contribution in [3.8, 4) is 5.82 Å². The predicted molar refractivity (Wildman–Crippen MR) is 62.2 cm³/mol. The first kappa shape index (κ1) is 11.8. The molecule has 0 unspecified atom stereocenters. The minimum Gasteiger partial charge on any atom is -0.481 e. The molecule has 0 saturated carbocycles. The van der Waals surface area contributed by atoms with E-state index in [1.165, 1.54) is 6.20 Å². The molecule has 7 nitrogen and oxygen atoms in total. The standard InChI is InChI=1S/C11H10N4O3/c16-10(5-11(17)18)14-8-1-2-9(13-6-8)15-4-3-12-7-15/h1-4,6-7H,5H2,(H,14,16)(H,17,18). The summed E-state index contributed by atoms with van der Waals surface area (Å²) in [6.45, 7) is 0. The Morgan fingerprint density at radius 1 is 1.39 bits per heavy atom. The van der Waals surface area contributed by atoms with Crippen LogP contribution in [-0.4, -0.2) is 31.5 Å². The molecule has 0 aliphatic carbocycles. The summed E-state index contributed by atoms with van der Waals surface area (Å²) in [7, 11) is 0. The monoisotopic (exact) mass is 246 g/mol. The Morgan fingerprint density at radius 2 is 2.22 bits per heavy atom. The normalized spacial score (nSPS) is 10.0. The molecule has 92 valence electrons. The first-order valence-corrected chi connectivity index (χ1v) is 5.11. The number of amides is 1. The zero-order chi connectivity index (χ0) is 13.0. The highest BCUT2D eigenvalue weighted by Crippen LogP contribution is 2.09. The van der Waals surface area contributed by atoms with E-state index in [0.717, 1.165) is 0 Å². The summed E-state index contributed by atoms with van der Waals surface area (Å²) in [6.07, 6.45) is 5.86. The zero-order valence-corrected chi connectivity index (χ0v) is 9.28. The van der Waals surface area contributed by atoms with Gasteiger partial charge in [-0.3, -0.25) is 14.2 Å². The lowest BCUT2D eigenvalue weighted by atomic mass is 10.3. The SMILES string of the molecule is O=C(O)CC(=O)Nc1ccc(-n2ccnc2)nc1. The summed E-state index contributed by atoms with van der Waals surface area (Å²) in [6, 6.07) is 3.33. The van der Waals surface area contributed by atoms with E-state index in [1.807, 2.05) is 0 Å². The number of aromatic nitrogens is 3. The number of carbonyl (C=O) groups excluding carboxylic acids is 1. The maximum atomic E-state index is 11.2. The van der Waals surface area contributed by atoms with Crippen molar-refractivity contribution in [2.75, 3.05) is 5.32 Å². The second-order valence-corrected chi connectivity index (χ2v) is 3.49. The van der Waals surface area contributed by atoms with Gasteiger partial charge in [-0.15, -0.1) is 0 Å². The van der Waals surface area contributed by atoms with Crippen LogP contribution >= 0.6 is 0 Å². The van der Waals surface area contributed by atoms with Crippen LogP contribution in [0.5, 0.6) is 0 Å². The third-order valence-electron chi connectivity index (χ3n) is 2.11. The molecule has 0 radical (unpaired) electrons. The molecule has 2 N–H and O–H groups in total. The molecule has 0 bridgehead atoms. The molecule has 18 heavy (non-hydrogen) atoms. The third-order valence-corrected chi connectivity index (χ3v) is 2.11. The fraction of sp³-hybridized carbons (Fsp3) is 0.0909. The molecule has 7 heteroatoms. The molecule has 0 saturated heterocycles. The Balaban J connectivity index is 2.04. The average Bonchev–Trinajstić information content (AvgIpc) is 2.82. The number of carbonyl (C=O) groups is 2. The predicted octanol–water partition coefficient (Wildman–Crippen LogP) is 0.681. The summed E-state index contributed by atoms with van der Waals surface area (Å²) in [5.74, 6) is -1.10. The number of pyridine rings is 1. The van der Waals surface area contributed by atoms with E-state index >= 15 is 0 Å². The van der Waals surface area contributed by atoms with Crippen LogP contribution in [0, 0.1) is 0 Å². The molecule has 0 aromatic carbocycles. The molecule has 2 aromatic heterocycles. The van der Waals surface area contributed by atoms with Crippen LogP contribution in [0.4, 0.5) is 5.69 Å². The van der Waals surface area contributed by atoms with E-state index < -0.39 is 18.3 Å². The van der Waals surface area contributed by atoms with Crippen molar-refractivity contribution in [1.29, 1.82) is 0 Å². The van der Waals surface area contributed by atoms with E-state index in [0.29, 0.717) is 11.5 Å². The Bertz CT molecular complexity index is 548. The lowest BCUT2D eigenvalue weighted by molar-refractivity contribution is -0.139. The quantitative estimate of drug-likeness (QED) is 0.773. The van der Waals surface area contributed by atoms with Gasteiger partial charge in [-0.1, -0.05) is 0 Å². The smallest absolute Gasteiger partial charge is 0.312 e. The average molecular weight is 246 g/mol. The lowest BCUT2D eigenvalue weighted by Crippen LogP contribution is -2.16. The van der Waals surface area contributed by atoms with Gasteiger partial charge in [-0.25, -0.2) is 9.97 Å². The number of rotatable bonds is 4. The van der Waals surface area contributed by atoms with Gasteiger partial charge < -0.3 is 10.4 Å². The van der Waals surface area contributed by atoms with Crippen molar-refractivity contribution in [1.82, 2.24) is 14.5 Å². The van der Waals surface area contributed by atoms with Gasteiger partial charge in [0.05, 0.1) is 11.9 Å². The second kappa shape index (κ2) is 5.09. The van der Waals surface area contributed by atoms with Gasteiger partial charge >= 0.3 is 5.97 Å². The van der Waals surface area contributed by atoms with Crippen molar-refractivity contribution in [3.63, 3.8) is 0 Å². The Kier molecular flexibility index (Phi) is 3.33. The zero-order valence-electron chi connectivity index (χ0n) is 9.28. The Labute approximate surface area is 102 Å². The van der Waals surface area contributed by atoms with Gasteiger partial charge in [-0.05, 0) is 12.1 Å². The minimum absolute atomic E-state index is 0.449. The molecule has 0 spiro atoms. The maximum absolute atomic E-state index is 11.2. The van der Waals surface area contributed by atoms with E-state index in [4.69, 9.17) is 5.11 Å². The molecular formula is C11H10N4O3. The number of hydrogen-bond acceptors (Lipinski definition) is 4. The molecule has 0 aliphatic rings. The van der Waals surface area contributed by atoms with Crippen molar-refractivity contribution >= 4 is 17.6 Å². The van der Waals surface area contributed by atoms with Gasteiger partial charge in [0.15, 0.2) is 0 Å². The lowest BCUT2D eigenvalue weighted by Gasteiger charge is -2.04. The van der Waals surface area contributed by atoms with Crippen LogP contribution in [0.2, 0.25) is 0 Å². The molecule has 2 heterocycles. The first-order chi connectivity index (χ1) is 8.65. The van der Waals surface area contributed by atoms with E-state index in [2.05, 4.69) is 15.3 Å². The Morgan fingerprint density at radius 3 is 2.78 bits per heavy atom. The number of nitrogens with zero attached hydrogens (tertiary/aromatic N) is 3. The number of nitrogens with one attached hydrogen (secondary N) is 1. The second-order valence-electron chi connectivity index (χ2n) is 3.49. The summed E-state index contributed by atoms with van der Waals surface area (Å²) in [5, 5.41) is 10.9. The molecule has 0 aliphatic heterocycles. The number of carboxylic acid groups (broad SMARTS) is 1. The highest BCUT2D eigenvalue weighted by atomic mass is 16.4. The summed E-state index contributed by atoms with van der Waals surface area (Å²) in [4.78, 5) is 29.5. The highest BCUT2D eigenvalue weighted by Gasteiger charge is 2.07. The highest BCUT2D eigenvalue weighted by molar-refractivity contribution is 6.01. The van der Waals surface area contributed by atoms with E-state index in [1.54, 1.807) is 35.4 Å². The molecule has 0 fully saturated rings. The van der Waals surface area contributed by atoms with Crippen LogP contribution in [0.25, 0.3) is 5.82 Å². The van der Waals surface area contributed by atoms with Gasteiger partial charge in [0.1, 0.15) is 18.6 Å². The number of anilines is 1. The largest absolute Gasteiger partial charge is 0.481 e. The molecular weight excluding hydrogens is 236 g/mol. The van der Waals surface area contributed by atoms with Gasteiger partial charge in [0.25, 0.3) is 0 Å². The van der Waals surface area contributed by atoms with Gasteiger partial charge in [-0.2, -0.15) is 0 Å². The first-order valence-electron chi connectivity index (χ1n) is 5.11. The summed E-state index contributed by atoms with van der Waals surface area (Å²) < 4.78 is 1.71. The molecule has 2 aromatic rings. The summed E-state index contributed by atoms with van der Waals surface area (Å²) >= 11 is 0. The van der Waals surface area contributed by atoms with E-state index in [-0.39, 0.29) is 0 Å². The van der Waals surface area contributed by atoms with Crippen molar-refractivity contribution in [2.24, 2.45) is 0 Å². The van der Waals surface area contributed by atoms with Crippen molar-refractivity contribution in [2.45, 2.75) is 6.42 Å².